The van der Waals surface area contributed by atoms with Gasteiger partial charge in [0.1, 0.15) is 12.4 Å². The Hall–Kier alpha value is -3.45. The summed E-state index contributed by atoms with van der Waals surface area (Å²) in [7, 11) is 0. The number of ether oxygens (including phenoxy) is 2. The van der Waals surface area contributed by atoms with Crippen LogP contribution in [-0.4, -0.2) is 27.2 Å². The van der Waals surface area contributed by atoms with Crippen LogP contribution in [0.5, 0.6) is 5.75 Å². The van der Waals surface area contributed by atoms with E-state index in [0.29, 0.717) is 48.5 Å². The largest absolute Gasteiger partial charge is 0.508 e. The molecule has 0 radical (unpaired) electrons. The molecule has 164 valence electrons. The first-order valence-corrected chi connectivity index (χ1v) is 10.8. The zero-order valence-electron chi connectivity index (χ0n) is 18.1. The average molecular weight is 432 g/mol. The normalized spacial score (nSPS) is 18.8. The van der Waals surface area contributed by atoms with Crippen LogP contribution >= 0.6 is 0 Å². The second kappa shape index (κ2) is 7.31. The Balaban J connectivity index is 1.76. The number of aromatic hydroxyl groups is 1. The van der Waals surface area contributed by atoms with Gasteiger partial charge in [-0.25, -0.2) is 9.78 Å². The third-order valence-electron chi connectivity index (χ3n) is 6.49. The Bertz CT molecular complexity index is 1360. The number of fused-ring (bicyclic) bond motifs is 5. The molecule has 1 aromatic carbocycles. The molecule has 32 heavy (non-hydrogen) atoms. The molecule has 3 aromatic rings. The number of carbonyl (C=O) groups excluding carboxylic acids is 1. The average Bonchev–Trinajstić information content (AvgIpc) is 3.15. The van der Waals surface area contributed by atoms with E-state index in [1.54, 1.807) is 22.8 Å². The molecule has 1 atom stereocenters. The van der Waals surface area contributed by atoms with E-state index < -0.39 is 11.6 Å². The molecule has 4 heterocycles. The lowest BCUT2D eigenvalue weighted by Gasteiger charge is -2.35. The molecule has 5 rings (SSSR count). The van der Waals surface area contributed by atoms with E-state index in [0.717, 1.165) is 22.0 Å². The van der Waals surface area contributed by atoms with Crippen LogP contribution in [0.25, 0.3) is 22.3 Å². The lowest BCUT2D eigenvalue weighted by molar-refractivity contribution is -0.180. The lowest BCUT2D eigenvalue weighted by atomic mass is 9.85. The smallest absolute Gasteiger partial charge is 0.343 e. The number of aromatic nitrogens is 2. The summed E-state index contributed by atoms with van der Waals surface area (Å²) >= 11 is 0. The van der Waals surface area contributed by atoms with Gasteiger partial charge in [0, 0.05) is 28.7 Å². The zero-order chi connectivity index (χ0) is 22.6. The van der Waals surface area contributed by atoms with Crippen molar-refractivity contribution in [3.8, 4) is 17.1 Å². The molecule has 0 aliphatic carbocycles. The second-order valence-electron chi connectivity index (χ2n) is 8.12. The SMILES string of the molecule is C=CCc1c(O)ccc2nc3c(cc12)Cn1c-3cc2c(c1=O)COC(=O)[C@@]2(CC)OCC. The second-order valence-corrected chi connectivity index (χ2v) is 8.12. The Morgan fingerprint density at radius 3 is 2.84 bits per heavy atom. The number of hydrogen-bond acceptors (Lipinski definition) is 6. The maximum Gasteiger partial charge on any atom is 0.343 e. The van der Waals surface area contributed by atoms with E-state index in [4.69, 9.17) is 14.5 Å². The first-order chi connectivity index (χ1) is 15.4. The molecule has 2 aliphatic heterocycles. The molecule has 2 aromatic heterocycles. The van der Waals surface area contributed by atoms with E-state index >= 15 is 0 Å². The van der Waals surface area contributed by atoms with Crippen molar-refractivity contribution in [1.82, 2.24) is 9.55 Å². The summed E-state index contributed by atoms with van der Waals surface area (Å²) < 4.78 is 13.0. The van der Waals surface area contributed by atoms with Crippen LogP contribution in [0.3, 0.4) is 0 Å². The molecule has 0 fully saturated rings. The minimum atomic E-state index is -1.29. The van der Waals surface area contributed by atoms with Crippen molar-refractivity contribution >= 4 is 16.9 Å². The summed E-state index contributed by atoms with van der Waals surface area (Å²) in [5.41, 5.74) is 3.27. The number of rotatable bonds is 5. The quantitative estimate of drug-likeness (QED) is 0.383. The van der Waals surface area contributed by atoms with Gasteiger partial charge in [-0.1, -0.05) is 13.0 Å². The molecule has 7 nitrogen and oxygen atoms in total. The van der Waals surface area contributed by atoms with Crippen molar-refractivity contribution in [2.24, 2.45) is 0 Å². The first-order valence-electron chi connectivity index (χ1n) is 10.8. The Kier molecular flexibility index (Phi) is 4.67. The van der Waals surface area contributed by atoms with E-state index in [2.05, 4.69) is 6.58 Å². The van der Waals surface area contributed by atoms with Crippen LogP contribution < -0.4 is 5.56 Å². The highest BCUT2D eigenvalue weighted by Gasteiger charge is 2.47. The lowest BCUT2D eigenvalue weighted by Crippen LogP contribution is -2.46. The molecular weight excluding hydrogens is 408 g/mol. The topological polar surface area (TPSA) is 90.7 Å². The van der Waals surface area contributed by atoms with Gasteiger partial charge < -0.3 is 19.1 Å². The fraction of sp³-hybridized carbons (Fsp3) is 0.320. The molecule has 1 N–H and O–H groups in total. The summed E-state index contributed by atoms with van der Waals surface area (Å²) in [4.78, 5) is 31.0. The third kappa shape index (κ3) is 2.67. The molecule has 0 saturated carbocycles. The minimum absolute atomic E-state index is 0.0643. The van der Waals surface area contributed by atoms with Gasteiger partial charge in [0.05, 0.1) is 29.0 Å². The van der Waals surface area contributed by atoms with E-state index in [1.807, 2.05) is 26.0 Å². The highest BCUT2D eigenvalue weighted by Crippen LogP contribution is 2.41. The van der Waals surface area contributed by atoms with Crippen LogP contribution in [0.4, 0.5) is 0 Å². The number of nitrogens with zero attached hydrogens (tertiary/aromatic N) is 2. The number of phenolic OH excluding ortho intramolecular Hbond substituents is 1. The van der Waals surface area contributed by atoms with Crippen molar-refractivity contribution in [3.63, 3.8) is 0 Å². The maximum absolute atomic E-state index is 13.4. The predicted molar refractivity (Wildman–Crippen MR) is 119 cm³/mol. The molecule has 0 amide bonds. The first kappa shape index (κ1) is 20.5. The van der Waals surface area contributed by atoms with Crippen LogP contribution in [0.15, 0.2) is 41.7 Å². The van der Waals surface area contributed by atoms with Crippen LogP contribution in [-0.2, 0) is 39.4 Å². The fourth-order valence-corrected chi connectivity index (χ4v) is 4.93. The van der Waals surface area contributed by atoms with Crippen LogP contribution in [0, 0.1) is 0 Å². The summed E-state index contributed by atoms with van der Waals surface area (Å²) in [5.74, 6) is -0.268. The molecular formula is C25H24N2O5. The number of esters is 1. The Morgan fingerprint density at radius 1 is 1.31 bits per heavy atom. The molecule has 2 aliphatic rings. The van der Waals surface area contributed by atoms with Crippen LogP contribution in [0.1, 0.15) is 42.5 Å². The summed E-state index contributed by atoms with van der Waals surface area (Å²) in [6.45, 7) is 8.07. The fourth-order valence-electron chi connectivity index (χ4n) is 4.93. The minimum Gasteiger partial charge on any atom is -0.508 e. The molecule has 7 heteroatoms. The Labute approximate surface area is 184 Å². The zero-order valence-corrected chi connectivity index (χ0v) is 18.1. The van der Waals surface area contributed by atoms with Gasteiger partial charge in [0.25, 0.3) is 5.56 Å². The van der Waals surface area contributed by atoms with Gasteiger partial charge in [-0.3, -0.25) is 4.79 Å². The number of carbonyl (C=O) groups is 1. The van der Waals surface area contributed by atoms with Gasteiger partial charge >= 0.3 is 5.97 Å². The predicted octanol–water partition coefficient (Wildman–Crippen LogP) is 3.56. The van der Waals surface area contributed by atoms with Crippen molar-refractivity contribution in [2.75, 3.05) is 6.61 Å². The number of phenols is 1. The summed E-state index contributed by atoms with van der Waals surface area (Å²) in [6.07, 6.45) is 2.61. The van der Waals surface area contributed by atoms with Gasteiger partial charge in [0.2, 0.25) is 0 Å². The number of hydrogen-bond donors (Lipinski definition) is 1. The summed E-state index contributed by atoms with van der Waals surface area (Å²) in [6, 6.07) is 7.25. The third-order valence-corrected chi connectivity index (χ3v) is 6.49. The van der Waals surface area contributed by atoms with Crippen LogP contribution in [0.2, 0.25) is 0 Å². The van der Waals surface area contributed by atoms with E-state index in [1.165, 1.54) is 0 Å². The van der Waals surface area contributed by atoms with E-state index in [9.17, 15) is 14.7 Å². The maximum atomic E-state index is 13.4. The van der Waals surface area contributed by atoms with E-state index in [-0.39, 0.29) is 17.9 Å². The number of pyridine rings is 2. The van der Waals surface area contributed by atoms with Gasteiger partial charge in [-0.05, 0) is 44.0 Å². The molecule has 0 unspecified atom stereocenters. The van der Waals surface area contributed by atoms with Gasteiger partial charge in [-0.2, -0.15) is 0 Å². The van der Waals surface area contributed by atoms with Gasteiger partial charge in [-0.15, -0.1) is 6.58 Å². The Morgan fingerprint density at radius 2 is 2.12 bits per heavy atom. The van der Waals surface area contributed by atoms with Crippen molar-refractivity contribution in [1.29, 1.82) is 0 Å². The molecule has 0 saturated heterocycles. The highest BCUT2D eigenvalue weighted by molar-refractivity contribution is 5.89. The monoisotopic (exact) mass is 432 g/mol. The van der Waals surface area contributed by atoms with Gasteiger partial charge in [0.15, 0.2) is 5.60 Å². The number of benzene rings is 1. The highest BCUT2D eigenvalue weighted by atomic mass is 16.6. The van der Waals surface area contributed by atoms with Crippen molar-refractivity contribution in [2.45, 2.75) is 45.4 Å². The van der Waals surface area contributed by atoms with Crippen molar-refractivity contribution < 1.29 is 19.4 Å². The number of cyclic esters (lactones) is 1. The summed E-state index contributed by atoms with van der Waals surface area (Å²) in [5, 5.41) is 11.2. The number of allylic oxidation sites excluding steroid dienone is 1. The standard InChI is InChI=1S/C25H24N2O5/c1-4-7-15-16-10-14-12-27-20(22(14)26-19(16)8-9-21(15)28)11-18-17(23(27)29)13-31-24(30)25(18,5-2)32-6-3/h4,8-11,28H,1,5-7,12-13H2,2-3H3/t25-/m0/s1. The molecule has 0 spiro atoms. The molecule has 0 bridgehead atoms. The van der Waals surface area contributed by atoms with Crippen molar-refractivity contribution in [3.05, 3.63) is 69.5 Å².